The highest BCUT2D eigenvalue weighted by Gasteiger charge is 2.20. The van der Waals surface area contributed by atoms with Crippen molar-refractivity contribution in [2.75, 3.05) is 12.3 Å². The van der Waals surface area contributed by atoms with Crippen LogP contribution in [0.15, 0.2) is 6.07 Å². The summed E-state index contributed by atoms with van der Waals surface area (Å²) in [6.07, 6.45) is 8.89. The van der Waals surface area contributed by atoms with Crippen molar-refractivity contribution in [1.29, 1.82) is 0 Å². The van der Waals surface area contributed by atoms with E-state index in [1.165, 1.54) is 18.2 Å². The van der Waals surface area contributed by atoms with E-state index in [4.69, 9.17) is 11.5 Å². The van der Waals surface area contributed by atoms with Gasteiger partial charge in [0.15, 0.2) is 0 Å². The van der Waals surface area contributed by atoms with Crippen LogP contribution in [0.2, 0.25) is 0 Å². The number of amides is 1. The van der Waals surface area contributed by atoms with Crippen LogP contribution in [-0.2, 0) is 6.54 Å². The number of nitrogens with one attached hydrogen (secondary N) is 1. The molecule has 1 fully saturated rings. The summed E-state index contributed by atoms with van der Waals surface area (Å²) >= 11 is 0. The molecule has 120 valence electrons. The van der Waals surface area contributed by atoms with E-state index in [-0.39, 0.29) is 5.82 Å². The standard InChI is InChI=1S/C17H21N5O/c18-15-13(16(19)23)8-12-11-5-1-2-6-14(11)22(17(12)21-15)9-10-4-3-7-20-10/h5-6,8,10,20H,1-4,7,9H2,(H2,18,21)(H2,19,23). The zero-order valence-corrected chi connectivity index (χ0v) is 13.0. The Morgan fingerprint density at radius 1 is 1.39 bits per heavy atom. The molecule has 1 aliphatic carbocycles. The number of hydrogen-bond acceptors (Lipinski definition) is 4. The number of primary amides is 1. The molecule has 5 N–H and O–H groups in total. The lowest BCUT2D eigenvalue weighted by Gasteiger charge is -2.13. The van der Waals surface area contributed by atoms with Gasteiger partial charge in [0, 0.05) is 28.5 Å². The second-order valence-electron chi connectivity index (χ2n) is 6.34. The van der Waals surface area contributed by atoms with Crippen molar-refractivity contribution in [2.24, 2.45) is 5.73 Å². The second-order valence-corrected chi connectivity index (χ2v) is 6.34. The molecule has 0 bridgehead atoms. The Kier molecular flexibility index (Phi) is 3.34. The summed E-state index contributed by atoms with van der Waals surface area (Å²) in [5, 5.41) is 6.84. The van der Waals surface area contributed by atoms with Crippen molar-refractivity contribution in [3.8, 4) is 0 Å². The zero-order valence-electron chi connectivity index (χ0n) is 13.0. The Morgan fingerprint density at radius 3 is 2.96 bits per heavy atom. The Morgan fingerprint density at radius 2 is 2.22 bits per heavy atom. The average molecular weight is 311 g/mol. The third kappa shape index (κ3) is 2.30. The van der Waals surface area contributed by atoms with Gasteiger partial charge in [-0.15, -0.1) is 0 Å². The van der Waals surface area contributed by atoms with Gasteiger partial charge in [0.25, 0.3) is 5.91 Å². The number of hydrogen-bond donors (Lipinski definition) is 3. The fraction of sp³-hybridized carbons (Fsp3) is 0.412. The van der Waals surface area contributed by atoms with E-state index in [1.807, 2.05) is 0 Å². The topological polar surface area (TPSA) is 99.0 Å². The summed E-state index contributed by atoms with van der Waals surface area (Å²) < 4.78 is 2.24. The van der Waals surface area contributed by atoms with Gasteiger partial charge in [0.2, 0.25) is 0 Å². The minimum Gasteiger partial charge on any atom is -0.383 e. The maximum Gasteiger partial charge on any atom is 0.252 e. The number of anilines is 1. The fourth-order valence-corrected chi connectivity index (χ4v) is 3.72. The van der Waals surface area contributed by atoms with Crippen LogP contribution in [0.1, 0.15) is 36.0 Å². The molecule has 0 spiro atoms. The molecule has 3 heterocycles. The average Bonchev–Trinajstić information content (AvgIpc) is 3.14. The molecule has 23 heavy (non-hydrogen) atoms. The van der Waals surface area contributed by atoms with Gasteiger partial charge < -0.3 is 21.4 Å². The Hall–Kier alpha value is -2.34. The highest BCUT2D eigenvalue weighted by Crippen LogP contribution is 2.17. The third-order valence-corrected chi connectivity index (χ3v) is 4.83. The molecule has 1 atom stereocenters. The first kappa shape index (κ1) is 14.3. The number of nitrogen functional groups attached to an aromatic ring is 1. The van der Waals surface area contributed by atoms with Gasteiger partial charge in [-0.1, -0.05) is 12.2 Å². The summed E-state index contributed by atoms with van der Waals surface area (Å²) in [7, 11) is 0. The first-order chi connectivity index (χ1) is 11.1. The van der Waals surface area contributed by atoms with E-state index in [1.54, 1.807) is 6.07 Å². The first-order valence-corrected chi connectivity index (χ1v) is 8.17. The molecule has 1 aliphatic heterocycles. The molecule has 0 saturated carbocycles. The predicted molar refractivity (Wildman–Crippen MR) is 91.1 cm³/mol. The number of carbonyl (C=O) groups excluding carboxylic acids is 1. The van der Waals surface area contributed by atoms with Crippen molar-refractivity contribution >= 4 is 34.9 Å². The highest BCUT2D eigenvalue weighted by atomic mass is 16.1. The SMILES string of the molecule is NC(=O)c1cc2c3c(n(CC4CCCN4)c2nc1N)=CCCC=3. The van der Waals surface area contributed by atoms with Crippen LogP contribution in [0.25, 0.3) is 23.2 Å². The smallest absolute Gasteiger partial charge is 0.252 e. The molecule has 0 radical (unpaired) electrons. The maximum atomic E-state index is 11.6. The fourth-order valence-electron chi connectivity index (χ4n) is 3.72. The van der Waals surface area contributed by atoms with Crippen molar-refractivity contribution in [3.05, 3.63) is 22.2 Å². The number of fused-ring (bicyclic) bond motifs is 3. The number of pyridine rings is 1. The second kappa shape index (κ2) is 5.38. The van der Waals surface area contributed by atoms with E-state index in [9.17, 15) is 4.79 Å². The lowest BCUT2D eigenvalue weighted by atomic mass is 10.1. The predicted octanol–water partition coefficient (Wildman–Crippen LogP) is -0.176. The Bertz CT molecular complexity index is 905. The molecule has 1 unspecified atom stereocenters. The van der Waals surface area contributed by atoms with Crippen molar-refractivity contribution in [1.82, 2.24) is 14.9 Å². The minimum absolute atomic E-state index is 0.209. The zero-order chi connectivity index (χ0) is 16.0. The Balaban J connectivity index is 1.98. The van der Waals surface area contributed by atoms with E-state index in [2.05, 4.69) is 27.0 Å². The molecule has 2 aromatic heterocycles. The van der Waals surface area contributed by atoms with Crippen LogP contribution in [-0.4, -0.2) is 28.0 Å². The highest BCUT2D eigenvalue weighted by molar-refractivity contribution is 6.00. The summed E-state index contributed by atoms with van der Waals surface area (Å²) in [6.45, 7) is 1.95. The molecule has 6 heteroatoms. The van der Waals surface area contributed by atoms with E-state index in [0.29, 0.717) is 11.6 Å². The maximum absolute atomic E-state index is 11.6. The molecule has 4 rings (SSSR count). The molecular weight excluding hydrogens is 290 g/mol. The van der Waals surface area contributed by atoms with E-state index in [0.717, 1.165) is 42.2 Å². The lowest BCUT2D eigenvalue weighted by Crippen LogP contribution is -2.36. The van der Waals surface area contributed by atoms with Gasteiger partial charge in [-0.25, -0.2) is 4.98 Å². The summed E-state index contributed by atoms with van der Waals surface area (Å²) in [6, 6.07) is 2.26. The number of aromatic nitrogens is 2. The number of nitrogens with two attached hydrogens (primary N) is 2. The summed E-state index contributed by atoms with van der Waals surface area (Å²) in [4.78, 5) is 16.1. The molecule has 2 aromatic rings. The van der Waals surface area contributed by atoms with Crippen LogP contribution >= 0.6 is 0 Å². The monoisotopic (exact) mass is 311 g/mol. The normalized spacial score (nSPS) is 20.1. The quantitative estimate of drug-likeness (QED) is 0.732. The van der Waals surface area contributed by atoms with Gasteiger partial charge in [0.1, 0.15) is 11.5 Å². The van der Waals surface area contributed by atoms with Crippen molar-refractivity contribution in [2.45, 2.75) is 38.3 Å². The first-order valence-electron chi connectivity index (χ1n) is 8.17. The van der Waals surface area contributed by atoms with Gasteiger partial charge in [-0.05, 0) is 38.3 Å². The molecule has 6 nitrogen and oxygen atoms in total. The lowest BCUT2D eigenvalue weighted by molar-refractivity contribution is 0.100. The minimum atomic E-state index is -0.532. The summed E-state index contributed by atoms with van der Waals surface area (Å²) in [5.41, 5.74) is 12.5. The number of rotatable bonds is 3. The molecule has 0 aromatic carbocycles. The van der Waals surface area contributed by atoms with Crippen LogP contribution in [0.4, 0.5) is 5.82 Å². The van der Waals surface area contributed by atoms with Gasteiger partial charge in [-0.2, -0.15) is 0 Å². The molecule has 1 saturated heterocycles. The Labute approximate surface area is 133 Å². The van der Waals surface area contributed by atoms with Crippen LogP contribution in [0, 0.1) is 0 Å². The van der Waals surface area contributed by atoms with Gasteiger partial charge in [-0.3, -0.25) is 4.79 Å². The van der Waals surface area contributed by atoms with E-state index < -0.39 is 5.91 Å². The molecule has 1 amide bonds. The third-order valence-electron chi connectivity index (χ3n) is 4.83. The molecule has 2 aliphatic rings. The number of nitrogens with zero attached hydrogens (tertiary/aromatic N) is 2. The van der Waals surface area contributed by atoms with Crippen LogP contribution < -0.4 is 27.4 Å². The molecular formula is C17H21N5O. The summed E-state index contributed by atoms with van der Waals surface area (Å²) in [5.74, 6) is -0.323. The largest absolute Gasteiger partial charge is 0.383 e. The van der Waals surface area contributed by atoms with Gasteiger partial charge in [0.05, 0.1) is 5.56 Å². The van der Waals surface area contributed by atoms with Gasteiger partial charge >= 0.3 is 0 Å². The van der Waals surface area contributed by atoms with Crippen LogP contribution in [0.5, 0.6) is 0 Å². The van der Waals surface area contributed by atoms with Crippen molar-refractivity contribution in [3.63, 3.8) is 0 Å². The van der Waals surface area contributed by atoms with Crippen molar-refractivity contribution < 1.29 is 4.79 Å². The van der Waals surface area contributed by atoms with Crippen LogP contribution in [0.3, 0.4) is 0 Å². The van der Waals surface area contributed by atoms with E-state index >= 15 is 0 Å². The number of carbonyl (C=O) groups is 1.